The van der Waals surface area contributed by atoms with E-state index >= 15 is 0 Å². The molecule has 22 heavy (non-hydrogen) atoms. The van der Waals surface area contributed by atoms with Crippen LogP contribution in [-0.4, -0.2) is 10.8 Å². The van der Waals surface area contributed by atoms with E-state index in [-0.39, 0.29) is 10.7 Å². The van der Waals surface area contributed by atoms with Crippen LogP contribution < -0.4 is 5.32 Å². The fourth-order valence-corrected chi connectivity index (χ4v) is 1.85. The van der Waals surface area contributed by atoms with Gasteiger partial charge in [0.2, 0.25) is 5.91 Å². The molecule has 0 aromatic heterocycles. The Morgan fingerprint density at radius 3 is 2.55 bits per heavy atom. The van der Waals surface area contributed by atoms with Gasteiger partial charge >= 0.3 is 0 Å². The van der Waals surface area contributed by atoms with E-state index in [0.717, 1.165) is 0 Å². The summed E-state index contributed by atoms with van der Waals surface area (Å²) in [7, 11) is 0. The van der Waals surface area contributed by atoms with Gasteiger partial charge in [-0.05, 0) is 42.0 Å². The summed E-state index contributed by atoms with van der Waals surface area (Å²) in [6.45, 7) is 0. The molecule has 5 nitrogen and oxygen atoms in total. The van der Waals surface area contributed by atoms with Crippen LogP contribution in [0.1, 0.15) is 5.56 Å². The van der Waals surface area contributed by atoms with Crippen LogP contribution in [0.4, 0.5) is 15.8 Å². The first-order chi connectivity index (χ1) is 10.5. The van der Waals surface area contributed by atoms with Crippen LogP contribution in [0.5, 0.6) is 0 Å². The van der Waals surface area contributed by atoms with Crippen molar-refractivity contribution in [2.24, 2.45) is 0 Å². The Morgan fingerprint density at radius 1 is 1.23 bits per heavy atom. The Hall–Kier alpha value is -2.73. The Bertz CT molecular complexity index is 745. The van der Waals surface area contributed by atoms with Gasteiger partial charge in [0.1, 0.15) is 10.8 Å². The third-order valence-corrected chi connectivity index (χ3v) is 3.03. The summed E-state index contributed by atoms with van der Waals surface area (Å²) in [4.78, 5) is 21.9. The van der Waals surface area contributed by atoms with E-state index in [1.165, 1.54) is 48.6 Å². The minimum atomic E-state index is -0.599. The number of carbonyl (C=O) groups is 1. The molecule has 0 heterocycles. The molecule has 1 amide bonds. The molecule has 0 bridgehead atoms. The minimum Gasteiger partial charge on any atom is -0.323 e. The summed E-state index contributed by atoms with van der Waals surface area (Å²) in [6.07, 6.45) is 2.64. The third kappa shape index (κ3) is 4.13. The molecule has 0 aliphatic rings. The monoisotopic (exact) mass is 320 g/mol. The molecular weight excluding hydrogens is 311 g/mol. The molecule has 0 fully saturated rings. The van der Waals surface area contributed by atoms with Gasteiger partial charge in [0, 0.05) is 17.8 Å². The lowest BCUT2D eigenvalue weighted by Gasteiger charge is -2.01. The average Bonchev–Trinajstić information content (AvgIpc) is 2.48. The van der Waals surface area contributed by atoms with Crippen molar-refractivity contribution in [3.63, 3.8) is 0 Å². The topological polar surface area (TPSA) is 72.2 Å². The van der Waals surface area contributed by atoms with E-state index in [9.17, 15) is 19.3 Å². The van der Waals surface area contributed by atoms with Crippen molar-refractivity contribution in [3.05, 3.63) is 75.1 Å². The fraction of sp³-hybridized carbons (Fsp3) is 0. The highest BCUT2D eigenvalue weighted by Crippen LogP contribution is 2.25. The average molecular weight is 321 g/mol. The normalized spacial score (nSPS) is 10.6. The molecule has 2 aromatic carbocycles. The van der Waals surface area contributed by atoms with E-state index in [0.29, 0.717) is 11.3 Å². The Morgan fingerprint density at radius 2 is 1.91 bits per heavy atom. The summed E-state index contributed by atoms with van der Waals surface area (Å²) in [6, 6.07) is 9.50. The number of hydrogen-bond acceptors (Lipinski definition) is 3. The van der Waals surface area contributed by atoms with Crippen LogP contribution in [0.25, 0.3) is 6.08 Å². The van der Waals surface area contributed by atoms with E-state index in [2.05, 4.69) is 5.32 Å². The lowest BCUT2D eigenvalue weighted by molar-refractivity contribution is -0.384. The number of amides is 1. The predicted molar refractivity (Wildman–Crippen MR) is 82.2 cm³/mol. The minimum absolute atomic E-state index is 0.0258. The SMILES string of the molecule is O=C(/C=C/c1ccc(Cl)c([N+](=O)[O-])c1)Nc1ccc(F)cc1. The van der Waals surface area contributed by atoms with Crippen molar-refractivity contribution in [1.29, 1.82) is 0 Å². The van der Waals surface area contributed by atoms with Crippen molar-refractivity contribution in [3.8, 4) is 0 Å². The van der Waals surface area contributed by atoms with Crippen LogP contribution in [0, 0.1) is 15.9 Å². The first-order valence-electron chi connectivity index (χ1n) is 6.14. The Labute approximate surface area is 130 Å². The number of nitrogens with one attached hydrogen (secondary N) is 1. The number of hydrogen-bond donors (Lipinski definition) is 1. The molecule has 0 aliphatic carbocycles. The van der Waals surface area contributed by atoms with E-state index in [4.69, 9.17) is 11.6 Å². The van der Waals surface area contributed by atoms with Crippen molar-refractivity contribution in [1.82, 2.24) is 0 Å². The van der Waals surface area contributed by atoms with E-state index < -0.39 is 16.6 Å². The maximum Gasteiger partial charge on any atom is 0.288 e. The second-order valence-corrected chi connectivity index (χ2v) is 4.70. The van der Waals surface area contributed by atoms with Crippen LogP contribution in [-0.2, 0) is 4.79 Å². The van der Waals surface area contributed by atoms with Gasteiger partial charge < -0.3 is 5.32 Å². The summed E-state index contributed by atoms with van der Waals surface area (Å²) < 4.78 is 12.7. The standard InChI is InChI=1S/C15H10ClFN2O3/c16-13-7-1-10(9-14(13)19(21)22)2-8-15(20)18-12-5-3-11(17)4-6-12/h1-9H,(H,18,20)/b8-2+. The number of benzene rings is 2. The lowest BCUT2D eigenvalue weighted by Crippen LogP contribution is -2.07. The molecular formula is C15H10ClFN2O3. The largest absolute Gasteiger partial charge is 0.323 e. The van der Waals surface area contributed by atoms with Crippen LogP contribution in [0.15, 0.2) is 48.5 Å². The number of anilines is 1. The number of nitro groups is 1. The molecule has 0 atom stereocenters. The van der Waals surface area contributed by atoms with Gasteiger partial charge in [0.25, 0.3) is 5.69 Å². The lowest BCUT2D eigenvalue weighted by atomic mass is 10.2. The Balaban J connectivity index is 2.08. The maximum atomic E-state index is 12.7. The van der Waals surface area contributed by atoms with Crippen molar-refractivity contribution in [2.45, 2.75) is 0 Å². The first kappa shape index (κ1) is 15.7. The van der Waals surface area contributed by atoms with Crippen LogP contribution >= 0.6 is 11.6 Å². The van der Waals surface area contributed by atoms with Crippen molar-refractivity contribution < 1.29 is 14.1 Å². The van der Waals surface area contributed by atoms with Gasteiger partial charge in [-0.15, -0.1) is 0 Å². The molecule has 0 spiro atoms. The highest BCUT2D eigenvalue weighted by atomic mass is 35.5. The zero-order valence-electron chi connectivity index (χ0n) is 11.1. The van der Waals surface area contributed by atoms with Gasteiger partial charge in [-0.25, -0.2) is 4.39 Å². The summed E-state index contributed by atoms with van der Waals surface area (Å²) in [5, 5.41) is 13.3. The van der Waals surface area contributed by atoms with Crippen LogP contribution in [0.2, 0.25) is 5.02 Å². The quantitative estimate of drug-likeness (QED) is 0.525. The molecule has 0 unspecified atom stereocenters. The number of carbonyl (C=O) groups excluding carboxylic acids is 1. The molecule has 112 valence electrons. The zero-order valence-corrected chi connectivity index (χ0v) is 11.9. The van der Waals surface area contributed by atoms with Crippen molar-refractivity contribution in [2.75, 3.05) is 5.32 Å². The zero-order chi connectivity index (χ0) is 16.1. The smallest absolute Gasteiger partial charge is 0.288 e. The molecule has 2 aromatic rings. The van der Waals surface area contributed by atoms with E-state index in [1.807, 2.05) is 0 Å². The van der Waals surface area contributed by atoms with Gasteiger partial charge in [-0.2, -0.15) is 0 Å². The summed E-state index contributed by atoms with van der Waals surface area (Å²) >= 11 is 5.70. The fourth-order valence-electron chi connectivity index (χ4n) is 1.66. The van der Waals surface area contributed by atoms with Gasteiger partial charge in [-0.1, -0.05) is 17.7 Å². The molecule has 2 rings (SSSR count). The highest BCUT2D eigenvalue weighted by molar-refractivity contribution is 6.32. The number of nitrogens with zero attached hydrogens (tertiary/aromatic N) is 1. The Kier molecular flexibility index (Phi) is 4.85. The van der Waals surface area contributed by atoms with Gasteiger partial charge in [-0.3, -0.25) is 14.9 Å². The molecule has 0 saturated heterocycles. The number of rotatable bonds is 4. The molecule has 0 radical (unpaired) electrons. The molecule has 0 aliphatic heterocycles. The predicted octanol–water partition coefficient (Wildman–Crippen LogP) is 4.04. The summed E-state index contributed by atoms with van der Waals surface area (Å²) in [5.74, 6) is -0.841. The van der Waals surface area contributed by atoms with Gasteiger partial charge in [0.05, 0.1) is 4.92 Å². The summed E-state index contributed by atoms with van der Waals surface area (Å²) in [5.41, 5.74) is 0.672. The number of nitro benzene ring substituents is 1. The van der Waals surface area contributed by atoms with Gasteiger partial charge in [0.15, 0.2) is 0 Å². The third-order valence-electron chi connectivity index (χ3n) is 2.71. The highest BCUT2D eigenvalue weighted by Gasteiger charge is 2.11. The molecule has 1 N–H and O–H groups in total. The second-order valence-electron chi connectivity index (χ2n) is 4.30. The molecule has 0 saturated carbocycles. The first-order valence-corrected chi connectivity index (χ1v) is 6.52. The van der Waals surface area contributed by atoms with Crippen LogP contribution in [0.3, 0.4) is 0 Å². The number of halogens is 2. The second kappa shape index (κ2) is 6.82. The van der Waals surface area contributed by atoms with E-state index in [1.54, 1.807) is 6.07 Å². The van der Waals surface area contributed by atoms with Crippen molar-refractivity contribution >= 4 is 35.0 Å². The maximum absolute atomic E-state index is 12.7. The molecule has 7 heteroatoms.